The van der Waals surface area contributed by atoms with E-state index in [-0.39, 0.29) is 12.6 Å². The fourth-order valence-corrected chi connectivity index (χ4v) is 2.30. The van der Waals surface area contributed by atoms with Crippen LogP contribution in [0.4, 0.5) is 0 Å². The van der Waals surface area contributed by atoms with E-state index in [0.717, 1.165) is 13.7 Å². The highest BCUT2D eigenvalue weighted by Gasteiger charge is 2.15. The van der Waals surface area contributed by atoms with E-state index >= 15 is 0 Å². The molecule has 4 nitrogen and oxygen atoms in total. The molecule has 2 heterocycles. The van der Waals surface area contributed by atoms with Gasteiger partial charge in [0.05, 0.1) is 25.6 Å². The molecule has 1 atom stereocenters. The number of aromatic nitrogens is 3. The molecule has 0 bridgehead atoms. The van der Waals surface area contributed by atoms with E-state index in [9.17, 15) is 0 Å². The fourth-order valence-electron chi connectivity index (χ4n) is 1.66. The Balaban J connectivity index is 2.16. The average molecular weight is 425 g/mol. The molecule has 0 aromatic carbocycles. The van der Waals surface area contributed by atoms with E-state index < -0.39 is 7.04 Å². The largest absolute Gasteiger partial charge is 0.385 e. The van der Waals surface area contributed by atoms with Crippen molar-refractivity contribution in [2.45, 2.75) is 12.5 Å². The molecule has 18 heavy (non-hydrogen) atoms. The molecule has 0 fully saturated rings. The first-order valence-corrected chi connectivity index (χ1v) is 7.17. The van der Waals surface area contributed by atoms with E-state index in [1.54, 1.807) is 17.1 Å². The van der Waals surface area contributed by atoms with Crippen LogP contribution in [0.15, 0.2) is 35.2 Å². The van der Waals surface area contributed by atoms with E-state index in [4.69, 9.17) is 8.85 Å². The van der Waals surface area contributed by atoms with Gasteiger partial charge in [-0.2, -0.15) is 5.10 Å². The lowest BCUT2D eigenvalue weighted by molar-refractivity contribution is 0.181. The Morgan fingerprint density at radius 2 is 2.44 bits per heavy atom. The molecule has 0 aliphatic carbocycles. The highest BCUT2D eigenvalue weighted by molar-refractivity contribution is 14.1. The lowest BCUT2D eigenvalue weighted by atomic mass is 10.1. The summed E-state index contributed by atoms with van der Waals surface area (Å²) in [6, 6.07) is 3.62. The van der Waals surface area contributed by atoms with Gasteiger partial charge in [-0.15, -0.1) is 0 Å². The van der Waals surface area contributed by atoms with Gasteiger partial charge in [0, 0.05) is 30.5 Å². The van der Waals surface area contributed by atoms with E-state index in [1.807, 2.05) is 18.3 Å². The smallest absolute Gasteiger partial charge is 0.0961 e. The van der Waals surface area contributed by atoms with Crippen molar-refractivity contribution in [3.8, 4) is 0 Å². The third-order valence-corrected chi connectivity index (χ3v) is 3.50. The third kappa shape index (κ3) is 3.52. The standard InChI is InChI=1S/C12H13BrIN3O/c1-18-5-4-12(17-8-10(14)7-16-17)11-3-2-9(13)6-15-11/h2-3,6-8,12H,4-5H2,1H3/i1D3. The Bertz CT molecular complexity index is 588. The minimum absolute atomic E-state index is 0.106. The van der Waals surface area contributed by atoms with Gasteiger partial charge < -0.3 is 4.74 Å². The molecule has 0 radical (unpaired) electrons. The van der Waals surface area contributed by atoms with Gasteiger partial charge in [0.1, 0.15) is 0 Å². The summed E-state index contributed by atoms with van der Waals surface area (Å²) in [5.74, 6) is 0. The summed E-state index contributed by atoms with van der Waals surface area (Å²) in [5.41, 5.74) is 0.812. The van der Waals surface area contributed by atoms with Gasteiger partial charge in [-0.05, 0) is 57.1 Å². The predicted octanol–water partition coefficient (Wildman–Crippen LogP) is 3.27. The van der Waals surface area contributed by atoms with Crippen LogP contribution in [0, 0.1) is 3.57 Å². The summed E-state index contributed by atoms with van der Waals surface area (Å²) in [5, 5.41) is 4.29. The molecule has 2 aromatic rings. The molecular formula is C12H13BrIN3O. The van der Waals surface area contributed by atoms with Gasteiger partial charge in [-0.3, -0.25) is 9.67 Å². The van der Waals surface area contributed by atoms with Crippen molar-refractivity contribution in [2.24, 2.45) is 0 Å². The van der Waals surface area contributed by atoms with Gasteiger partial charge in [0.15, 0.2) is 0 Å². The Morgan fingerprint density at radius 3 is 3.06 bits per heavy atom. The van der Waals surface area contributed by atoms with Crippen LogP contribution in [-0.2, 0) is 4.74 Å². The molecule has 2 aromatic heterocycles. The van der Waals surface area contributed by atoms with Crippen LogP contribution in [-0.4, -0.2) is 28.4 Å². The van der Waals surface area contributed by atoms with E-state index in [2.05, 4.69) is 48.6 Å². The molecule has 0 spiro atoms. The number of methoxy groups -OCH3 is 1. The Morgan fingerprint density at radius 1 is 1.56 bits per heavy atom. The lowest BCUT2D eigenvalue weighted by Crippen LogP contribution is -2.14. The molecule has 0 amide bonds. The van der Waals surface area contributed by atoms with Crippen molar-refractivity contribution in [3.63, 3.8) is 0 Å². The molecule has 0 N–H and O–H groups in total. The van der Waals surface area contributed by atoms with Gasteiger partial charge in [0.2, 0.25) is 0 Å². The fraction of sp³-hybridized carbons (Fsp3) is 0.333. The van der Waals surface area contributed by atoms with Crippen molar-refractivity contribution in [2.75, 3.05) is 13.6 Å². The summed E-state index contributed by atoms with van der Waals surface area (Å²) in [6.07, 6.45) is 5.83. The number of rotatable bonds is 5. The second-order valence-electron chi connectivity index (χ2n) is 3.69. The maximum atomic E-state index is 7.08. The molecule has 0 aliphatic heterocycles. The van der Waals surface area contributed by atoms with Crippen molar-refractivity contribution in [3.05, 3.63) is 44.5 Å². The Hall–Kier alpha value is -0.470. The normalized spacial score (nSPS) is 15.8. The number of nitrogens with zero attached hydrogens (tertiary/aromatic N) is 3. The predicted molar refractivity (Wildman–Crippen MR) is 81.5 cm³/mol. The van der Waals surface area contributed by atoms with E-state index in [1.165, 1.54) is 0 Å². The number of hydrogen-bond acceptors (Lipinski definition) is 3. The zero-order valence-electron chi connectivity index (χ0n) is 12.4. The monoisotopic (exact) mass is 424 g/mol. The molecule has 96 valence electrons. The highest BCUT2D eigenvalue weighted by atomic mass is 127. The zero-order chi connectivity index (χ0) is 15.5. The summed E-state index contributed by atoms with van der Waals surface area (Å²) in [7, 11) is -2.38. The Labute approximate surface area is 132 Å². The van der Waals surface area contributed by atoms with Crippen molar-refractivity contribution in [1.29, 1.82) is 0 Å². The maximum absolute atomic E-state index is 7.08. The van der Waals surface area contributed by atoms with Crippen molar-refractivity contribution in [1.82, 2.24) is 14.8 Å². The number of ether oxygens (including phenoxy) is 1. The number of pyridine rings is 1. The number of halogens is 2. The molecular weight excluding hydrogens is 409 g/mol. The topological polar surface area (TPSA) is 39.9 Å². The second kappa shape index (κ2) is 6.63. The molecule has 6 heteroatoms. The number of hydrogen-bond donors (Lipinski definition) is 0. The molecule has 0 aliphatic rings. The first-order chi connectivity index (χ1) is 9.85. The van der Waals surface area contributed by atoms with Gasteiger partial charge in [-0.1, -0.05) is 0 Å². The molecule has 2 rings (SSSR count). The van der Waals surface area contributed by atoms with Crippen molar-refractivity contribution < 1.29 is 8.85 Å². The van der Waals surface area contributed by atoms with Crippen LogP contribution in [0.25, 0.3) is 0 Å². The SMILES string of the molecule is [2H]C([2H])([2H])OCCC(c1ccc(Br)cn1)n1cc(I)cn1. The first-order valence-electron chi connectivity index (χ1n) is 6.80. The minimum Gasteiger partial charge on any atom is -0.385 e. The van der Waals surface area contributed by atoms with Crippen molar-refractivity contribution >= 4 is 38.5 Å². The van der Waals surface area contributed by atoms with Crippen LogP contribution in [0.2, 0.25) is 0 Å². The van der Waals surface area contributed by atoms with Crippen LogP contribution < -0.4 is 0 Å². The Kier molecular flexibility index (Phi) is 3.80. The minimum atomic E-state index is -2.38. The lowest BCUT2D eigenvalue weighted by Gasteiger charge is -2.16. The zero-order valence-corrected chi connectivity index (χ0v) is 13.1. The summed E-state index contributed by atoms with van der Waals surface area (Å²) in [6.45, 7) is 0.106. The molecule has 0 saturated heterocycles. The van der Waals surface area contributed by atoms with Crippen LogP contribution in [0.3, 0.4) is 0 Å². The van der Waals surface area contributed by atoms with Crippen LogP contribution >= 0.6 is 38.5 Å². The maximum Gasteiger partial charge on any atom is 0.0961 e. The summed E-state index contributed by atoms with van der Waals surface area (Å²) in [4.78, 5) is 4.37. The van der Waals surface area contributed by atoms with E-state index in [0.29, 0.717) is 6.42 Å². The van der Waals surface area contributed by atoms with Gasteiger partial charge >= 0.3 is 0 Å². The molecule has 1 unspecified atom stereocenters. The van der Waals surface area contributed by atoms with Gasteiger partial charge in [0.25, 0.3) is 0 Å². The van der Waals surface area contributed by atoms with Crippen LogP contribution in [0.5, 0.6) is 0 Å². The first kappa shape index (κ1) is 10.3. The quantitative estimate of drug-likeness (QED) is 0.691. The third-order valence-electron chi connectivity index (χ3n) is 2.47. The summed E-state index contributed by atoms with van der Waals surface area (Å²) < 4.78 is 29.8. The highest BCUT2D eigenvalue weighted by Crippen LogP contribution is 2.21. The second-order valence-corrected chi connectivity index (χ2v) is 5.85. The summed E-state index contributed by atoms with van der Waals surface area (Å²) >= 11 is 5.53. The van der Waals surface area contributed by atoms with Gasteiger partial charge in [-0.25, -0.2) is 0 Å². The average Bonchev–Trinajstić information content (AvgIpc) is 2.81. The van der Waals surface area contributed by atoms with Crippen LogP contribution in [0.1, 0.15) is 22.3 Å². The molecule has 0 saturated carbocycles.